The summed E-state index contributed by atoms with van der Waals surface area (Å²) in [5.41, 5.74) is 8.74. The maximum absolute atomic E-state index is 13.1. The van der Waals surface area contributed by atoms with Crippen molar-refractivity contribution >= 4 is 50.7 Å². The molecule has 0 aliphatic carbocycles. The van der Waals surface area contributed by atoms with E-state index >= 15 is 0 Å². The van der Waals surface area contributed by atoms with Crippen LogP contribution in [-0.2, 0) is 14.8 Å². The molecule has 1 heterocycles. The summed E-state index contributed by atoms with van der Waals surface area (Å²) in [4.78, 5) is 26.8. The van der Waals surface area contributed by atoms with Gasteiger partial charge in [0.25, 0.3) is 5.91 Å². The van der Waals surface area contributed by atoms with Crippen LogP contribution >= 0.6 is 23.2 Å². The molecule has 3 aromatic carbocycles. The molecule has 1 fully saturated rings. The van der Waals surface area contributed by atoms with Crippen LogP contribution in [0.25, 0.3) is 0 Å². The van der Waals surface area contributed by atoms with Gasteiger partial charge >= 0.3 is 0 Å². The Bertz CT molecular complexity index is 1460. The predicted octanol–water partition coefficient (Wildman–Crippen LogP) is 5.00. The fourth-order valence-electron chi connectivity index (χ4n) is 5.13. The minimum absolute atomic E-state index is 0.0654. The molecule has 3 aromatic rings. The van der Waals surface area contributed by atoms with Crippen molar-refractivity contribution in [1.82, 2.24) is 10.2 Å². The Kier molecular flexibility index (Phi) is 9.64. The van der Waals surface area contributed by atoms with Crippen LogP contribution in [0.2, 0.25) is 10.0 Å². The lowest BCUT2D eigenvalue weighted by Gasteiger charge is -2.44. The zero-order chi connectivity index (χ0) is 29.9. The van der Waals surface area contributed by atoms with Crippen LogP contribution < -0.4 is 15.8 Å². The number of halogens is 2. The molecule has 11 heteroatoms. The summed E-state index contributed by atoms with van der Waals surface area (Å²) in [5.74, 6) is -1.48. The Morgan fingerprint density at radius 3 is 1.98 bits per heavy atom. The third-order valence-corrected chi connectivity index (χ3v) is 9.01. The first-order valence-electron chi connectivity index (χ1n) is 13.3. The van der Waals surface area contributed by atoms with E-state index in [1.807, 2.05) is 48.5 Å². The zero-order valence-electron chi connectivity index (χ0n) is 23.1. The molecule has 1 saturated heterocycles. The Balaban J connectivity index is 1.43. The Morgan fingerprint density at radius 2 is 1.49 bits per heavy atom. The molecule has 8 nitrogen and oxygen atoms in total. The van der Waals surface area contributed by atoms with Crippen molar-refractivity contribution < 1.29 is 18.0 Å². The number of hydrogen-bond donors (Lipinski definition) is 3. The molecule has 0 bridgehead atoms. The number of anilines is 1. The number of benzene rings is 3. The molecular formula is C30H34Cl2N4O4S. The minimum Gasteiger partial charge on any atom is -0.368 e. The topological polar surface area (TPSA) is 122 Å². The van der Waals surface area contributed by atoms with Gasteiger partial charge in [-0.1, -0.05) is 61.3 Å². The molecule has 218 valence electrons. The Morgan fingerprint density at radius 1 is 0.951 bits per heavy atom. The van der Waals surface area contributed by atoms with Crippen LogP contribution in [0, 0.1) is 18.8 Å². The number of likely N-dealkylation sites (tertiary alicyclic amines) is 1. The number of nitrogens with zero attached hydrogens (tertiary/aromatic N) is 1. The monoisotopic (exact) mass is 616 g/mol. The van der Waals surface area contributed by atoms with Crippen LogP contribution in [-0.4, -0.2) is 50.0 Å². The summed E-state index contributed by atoms with van der Waals surface area (Å²) in [5, 5.41) is 3.93. The number of nitrogens with two attached hydrogens (primary N) is 1. The largest absolute Gasteiger partial charge is 0.368 e. The molecule has 0 unspecified atom stereocenters. The van der Waals surface area contributed by atoms with E-state index in [0.717, 1.165) is 11.1 Å². The van der Waals surface area contributed by atoms with E-state index in [2.05, 4.69) is 14.9 Å². The van der Waals surface area contributed by atoms with Gasteiger partial charge in [-0.3, -0.25) is 19.2 Å². The highest BCUT2D eigenvalue weighted by Gasteiger charge is 2.36. The lowest BCUT2D eigenvalue weighted by molar-refractivity contribution is -0.120. The van der Waals surface area contributed by atoms with Gasteiger partial charge in [0.2, 0.25) is 15.9 Å². The Labute approximate surface area is 251 Å². The lowest BCUT2D eigenvalue weighted by atomic mass is 9.91. The van der Waals surface area contributed by atoms with Gasteiger partial charge in [0.05, 0.1) is 11.8 Å². The molecule has 1 aliphatic rings. The summed E-state index contributed by atoms with van der Waals surface area (Å²) in [6.07, 6.45) is 0. The molecule has 0 radical (unpaired) electrons. The number of nitrogens with one attached hydrogen (secondary N) is 2. The van der Waals surface area contributed by atoms with E-state index in [9.17, 15) is 18.0 Å². The third kappa shape index (κ3) is 8.01. The van der Waals surface area contributed by atoms with E-state index in [1.54, 1.807) is 32.9 Å². The molecule has 1 aliphatic heterocycles. The molecule has 0 aromatic heterocycles. The highest BCUT2D eigenvalue weighted by atomic mass is 35.5. The van der Waals surface area contributed by atoms with Crippen molar-refractivity contribution in [2.75, 3.05) is 23.6 Å². The molecule has 1 atom stereocenters. The van der Waals surface area contributed by atoms with Crippen molar-refractivity contribution in [3.63, 3.8) is 0 Å². The van der Waals surface area contributed by atoms with Gasteiger partial charge in [-0.25, -0.2) is 8.42 Å². The van der Waals surface area contributed by atoms with Crippen LogP contribution in [0.15, 0.2) is 66.7 Å². The quantitative estimate of drug-likeness (QED) is 0.280. The first kappa shape index (κ1) is 30.8. The van der Waals surface area contributed by atoms with Gasteiger partial charge in [0.1, 0.15) is 6.04 Å². The van der Waals surface area contributed by atoms with Gasteiger partial charge in [-0.15, -0.1) is 0 Å². The minimum atomic E-state index is -3.71. The lowest BCUT2D eigenvalue weighted by Crippen LogP contribution is -2.51. The fourth-order valence-corrected chi connectivity index (χ4v) is 6.77. The molecule has 0 saturated carbocycles. The summed E-state index contributed by atoms with van der Waals surface area (Å²) in [6.45, 7) is 6.49. The number of aryl methyl sites for hydroxylation is 1. The highest BCUT2D eigenvalue weighted by molar-refractivity contribution is 7.92. The maximum Gasteiger partial charge on any atom is 0.252 e. The summed E-state index contributed by atoms with van der Waals surface area (Å²) in [6, 6.07) is 19.1. The standard InChI is InChI=1S/C30H34Cl2N4O4S/c1-18(2)27(29(33)37)34-30(38)23-12-19(3)13-26(14-23)35-41(39,40)17-20-15-36(16-20)28(21-4-8-24(31)9-5-21)22-6-10-25(32)11-7-22/h4-14,18,20,27-28,35H,15-17H2,1-3H3,(H2,33,37)(H,34,38)/t27-/m0/s1. The van der Waals surface area contributed by atoms with Crippen LogP contribution in [0.1, 0.15) is 46.9 Å². The number of rotatable bonds is 11. The summed E-state index contributed by atoms with van der Waals surface area (Å²) in [7, 11) is -3.71. The molecule has 4 rings (SSSR count). The van der Waals surface area contributed by atoms with Gasteiger partial charge in [-0.2, -0.15) is 0 Å². The average Bonchev–Trinajstić information content (AvgIpc) is 2.86. The van der Waals surface area contributed by atoms with Crippen molar-refractivity contribution in [3.05, 3.63) is 99.0 Å². The summed E-state index contributed by atoms with van der Waals surface area (Å²) < 4.78 is 28.9. The van der Waals surface area contributed by atoms with E-state index < -0.39 is 27.9 Å². The van der Waals surface area contributed by atoms with Crippen LogP contribution in [0.4, 0.5) is 5.69 Å². The maximum atomic E-state index is 13.1. The van der Waals surface area contributed by atoms with E-state index in [1.165, 1.54) is 6.07 Å². The predicted molar refractivity (Wildman–Crippen MR) is 164 cm³/mol. The van der Waals surface area contributed by atoms with Crippen LogP contribution in [0.5, 0.6) is 0 Å². The van der Waals surface area contributed by atoms with Gasteiger partial charge < -0.3 is 11.1 Å². The van der Waals surface area contributed by atoms with Crippen LogP contribution in [0.3, 0.4) is 0 Å². The molecule has 0 spiro atoms. The van der Waals surface area contributed by atoms with E-state index in [4.69, 9.17) is 28.9 Å². The fraction of sp³-hybridized carbons (Fsp3) is 0.333. The molecular weight excluding hydrogens is 583 g/mol. The number of hydrogen-bond acceptors (Lipinski definition) is 5. The molecule has 2 amide bonds. The Hall–Kier alpha value is -3.11. The zero-order valence-corrected chi connectivity index (χ0v) is 25.4. The van der Waals surface area contributed by atoms with Gasteiger partial charge in [-0.05, 0) is 72.0 Å². The number of carbonyl (C=O) groups excluding carboxylic acids is 2. The smallest absolute Gasteiger partial charge is 0.252 e. The number of primary amides is 1. The number of amides is 2. The second-order valence-electron chi connectivity index (χ2n) is 10.9. The third-order valence-electron chi connectivity index (χ3n) is 7.05. The molecule has 41 heavy (non-hydrogen) atoms. The number of carbonyl (C=O) groups is 2. The first-order valence-corrected chi connectivity index (χ1v) is 15.7. The highest BCUT2D eigenvalue weighted by Crippen LogP contribution is 2.36. The second kappa shape index (κ2) is 12.8. The van der Waals surface area contributed by atoms with Gasteiger partial charge in [0.15, 0.2) is 0 Å². The second-order valence-corrected chi connectivity index (χ2v) is 13.5. The first-order chi connectivity index (χ1) is 19.3. The van der Waals surface area contributed by atoms with Crippen molar-refractivity contribution in [2.24, 2.45) is 17.6 Å². The average molecular weight is 618 g/mol. The van der Waals surface area contributed by atoms with E-state index in [-0.39, 0.29) is 34.9 Å². The van der Waals surface area contributed by atoms with Gasteiger partial charge in [0, 0.05) is 40.3 Å². The van der Waals surface area contributed by atoms with Crippen molar-refractivity contribution in [1.29, 1.82) is 0 Å². The normalized spacial score (nSPS) is 15.0. The van der Waals surface area contributed by atoms with E-state index in [0.29, 0.717) is 28.7 Å². The molecule has 4 N–H and O–H groups in total. The van der Waals surface area contributed by atoms with Crippen molar-refractivity contribution in [3.8, 4) is 0 Å². The SMILES string of the molecule is Cc1cc(NS(=O)(=O)CC2CN(C(c3ccc(Cl)cc3)c3ccc(Cl)cc3)C2)cc(C(=O)N[C@H](C(N)=O)C(C)C)c1. The van der Waals surface area contributed by atoms with Crippen molar-refractivity contribution in [2.45, 2.75) is 32.9 Å². The number of sulfonamides is 1. The summed E-state index contributed by atoms with van der Waals surface area (Å²) >= 11 is 12.2.